The van der Waals surface area contributed by atoms with Crippen LogP contribution in [0.2, 0.25) is 0 Å². The van der Waals surface area contributed by atoms with Gasteiger partial charge in [0, 0.05) is 20.1 Å². The van der Waals surface area contributed by atoms with E-state index in [1.807, 2.05) is 0 Å². The predicted molar refractivity (Wildman–Crippen MR) is 83.3 cm³/mol. The highest BCUT2D eigenvalue weighted by atomic mass is 16.4. The van der Waals surface area contributed by atoms with Gasteiger partial charge >= 0.3 is 12.0 Å². The van der Waals surface area contributed by atoms with E-state index in [1.54, 1.807) is 11.9 Å². The Bertz CT molecular complexity index is 349. The number of carbonyl (C=O) groups is 2. The summed E-state index contributed by atoms with van der Waals surface area (Å²) in [5.41, 5.74) is -0.771. The van der Waals surface area contributed by atoms with Gasteiger partial charge in [-0.2, -0.15) is 0 Å². The molecule has 5 nitrogen and oxygen atoms in total. The maximum Gasteiger partial charge on any atom is 0.317 e. The van der Waals surface area contributed by atoms with Gasteiger partial charge < -0.3 is 15.3 Å². The van der Waals surface area contributed by atoms with Crippen LogP contribution in [0.4, 0.5) is 4.79 Å². The van der Waals surface area contributed by atoms with Crippen molar-refractivity contribution in [3.63, 3.8) is 0 Å². The molecule has 0 aliphatic heterocycles. The molecule has 0 heterocycles. The highest BCUT2D eigenvalue weighted by Crippen LogP contribution is 2.38. The van der Waals surface area contributed by atoms with E-state index >= 15 is 0 Å². The summed E-state index contributed by atoms with van der Waals surface area (Å²) in [5, 5.41) is 12.4. The van der Waals surface area contributed by atoms with Crippen molar-refractivity contribution in [1.82, 2.24) is 10.2 Å². The average Bonchev–Trinajstić information content (AvgIpc) is 2.46. The molecule has 122 valence electrons. The van der Waals surface area contributed by atoms with Crippen molar-refractivity contribution in [2.75, 3.05) is 20.1 Å². The molecule has 2 N–H and O–H groups in total. The van der Waals surface area contributed by atoms with Gasteiger partial charge in [-0.25, -0.2) is 4.79 Å². The number of aliphatic carboxylic acids is 1. The SMILES string of the molecule is CCCCCN(C)C(=O)NCC1(C(=O)O)CCC(C)CC1. The van der Waals surface area contributed by atoms with Crippen LogP contribution in [0.15, 0.2) is 0 Å². The predicted octanol–water partition coefficient (Wildman–Crippen LogP) is 3.10. The molecule has 0 aromatic heterocycles. The Kier molecular flexibility index (Phi) is 6.99. The Labute approximate surface area is 128 Å². The van der Waals surface area contributed by atoms with Crippen LogP contribution >= 0.6 is 0 Å². The quantitative estimate of drug-likeness (QED) is 0.710. The largest absolute Gasteiger partial charge is 0.481 e. The molecule has 2 amide bonds. The summed E-state index contributed by atoms with van der Waals surface area (Å²) in [4.78, 5) is 25.3. The summed E-state index contributed by atoms with van der Waals surface area (Å²) < 4.78 is 0. The molecule has 1 fully saturated rings. The van der Waals surface area contributed by atoms with Crippen molar-refractivity contribution in [3.05, 3.63) is 0 Å². The molecular weight excluding hydrogens is 268 g/mol. The molecular formula is C16H30N2O3. The molecule has 0 spiro atoms. The minimum absolute atomic E-state index is 0.162. The fraction of sp³-hybridized carbons (Fsp3) is 0.875. The van der Waals surface area contributed by atoms with Gasteiger partial charge in [-0.3, -0.25) is 4.79 Å². The van der Waals surface area contributed by atoms with Gasteiger partial charge in [-0.05, 0) is 38.0 Å². The van der Waals surface area contributed by atoms with E-state index in [1.165, 1.54) is 0 Å². The first-order chi connectivity index (χ1) is 9.91. The second-order valence-electron chi connectivity index (χ2n) is 6.56. The smallest absolute Gasteiger partial charge is 0.317 e. The van der Waals surface area contributed by atoms with Gasteiger partial charge in [0.2, 0.25) is 0 Å². The maximum absolute atomic E-state index is 12.0. The zero-order valence-corrected chi connectivity index (χ0v) is 13.7. The summed E-state index contributed by atoms with van der Waals surface area (Å²) in [7, 11) is 1.77. The standard InChI is InChI=1S/C16H30N2O3/c1-4-5-6-11-18(3)15(21)17-12-16(14(19)20)9-7-13(2)8-10-16/h13H,4-12H2,1-3H3,(H,17,21)(H,19,20). The van der Waals surface area contributed by atoms with E-state index in [0.29, 0.717) is 18.8 Å². The molecule has 0 aromatic rings. The summed E-state index contributed by atoms with van der Waals surface area (Å²) in [5.74, 6) is -0.187. The highest BCUT2D eigenvalue weighted by molar-refractivity contribution is 5.78. The number of hydrogen-bond donors (Lipinski definition) is 2. The van der Waals surface area contributed by atoms with E-state index in [9.17, 15) is 14.7 Å². The zero-order chi connectivity index (χ0) is 15.9. The molecule has 5 heteroatoms. The van der Waals surface area contributed by atoms with E-state index in [0.717, 1.165) is 38.6 Å². The van der Waals surface area contributed by atoms with Crippen LogP contribution in [0.1, 0.15) is 58.8 Å². The van der Waals surface area contributed by atoms with E-state index in [4.69, 9.17) is 0 Å². The first kappa shape index (κ1) is 17.8. The molecule has 0 atom stereocenters. The Hall–Kier alpha value is -1.26. The number of hydrogen-bond acceptors (Lipinski definition) is 2. The van der Waals surface area contributed by atoms with Gasteiger partial charge in [-0.1, -0.05) is 26.7 Å². The van der Waals surface area contributed by atoms with Crippen molar-refractivity contribution >= 4 is 12.0 Å². The number of urea groups is 1. The monoisotopic (exact) mass is 298 g/mol. The molecule has 1 rings (SSSR count). The molecule has 0 saturated heterocycles. The molecule has 0 bridgehead atoms. The lowest BCUT2D eigenvalue weighted by Gasteiger charge is -2.36. The molecule has 0 radical (unpaired) electrons. The van der Waals surface area contributed by atoms with Crippen LogP contribution in [0.5, 0.6) is 0 Å². The number of amides is 2. The normalized spacial score (nSPS) is 25.4. The lowest BCUT2D eigenvalue weighted by atomic mass is 9.71. The number of carboxylic acid groups (broad SMARTS) is 1. The first-order valence-electron chi connectivity index (χ1n) is 8.13. The second-order valence-corrected chi connectivity index (χ2v) is 6.56. The van der Waals surface area contributed by atoms with Gasteiger partial charge in [0.05, 0.1) is 5.41 Å². The lowest BCUT2D eigenvalue weighted by Crippen LogP contribution is -2.48. The number of rotatable bonds is 7. The van der Waals surface area contributed by atoms with Crippen LogP contribution in [0, 0.1) is 11.3 Å². The van der Waals surface area contributed by atoms with Gasteiger partial charge in [0.15, 0.2) is 0 Å². The topological polar surface area (TPSA) is 69.6 Å². The Morgan fingerprint density at radius 3 is 2.43 bits per heavy atom. The van der Waals surface area contributed by atoms with Crippen LogP contribution in [-0.2, 0) is 4.79 Å². The minimum Gasteiger partial charge on any atom is -0.481 e. The van der Waals surface area contributed by atoms with Gasteiger partial charge in [0.25, 0.3) is 0 Å². The lowest BCUT2D eigenvalue weighted by molar-refractivity contribution is -0.151. The third kappa shape index (κ3) is 5.21. The van der Waals surface area contributed by atoms with E-state index in [2.05, 4.69) is 19.2 Å². The molecule has 1 saturated carbocycles. The van der Waals surface area contributed by atoms with Crippen LogP contribution in [0.25, 0.3) is 0 Å². The van der Waals surface area contributed by atoms with Crippen molar-refractivity contribution in [1.29, 1.82) is 0 Å². The molecule has 0 unspecified atom stereocenters. The van der Waals surface area contributed by atoms with E-state index in [-0.39, 0.29) is 12.6 Å². The Balaban J connectivity index is 2.46. The van der Waals surface area contributed by atoms with Crippen molar-refractivity contribution in [2.24, 2.45) is 11.3 Å². The Morgan fingerprint density at radius 2 is 1.90 bits per heavy atom. The number of carboxylic acids is 1. The number of carbonyl (C=O) groups excluding carboxylic acids is 1. The summed E-state index contributed by atoms with van der Waals surface area (Å²) in [6.45, 7) is 5.25. The van der Waals surface area contributed by atoms with Crippen LogP contribution < -0.4 is 5.32 Å². The molecule has 1 aliphatic carbocycles. The second kappa shape index (κ2) is 8.25. The zero-order valence-electron chi connectivity index (χ0n) is 13.7. The first-order valence-corrected chi connectivity index (χ1v) is 8.13. The third-order valence-corrected chi connectivity index (χ3v) is 4.71. The fourth-order valence-corrected chi connectivity index (χ4v) is 2.86. The summed E-state index contributed by atoms with van der Waals surface area (Å²) in [6.07, 6.45) is 6.38. The van der Waals surface area contributed by atoms with Crippen molar-refractivity contribution < 1.29 is 14.7 Å². The maximum atomic E-state index is 12.0. The summed E-state index contributed by atoms with van der Waals surface area (Å²) >= 11 is 0. The highest BCUT2D eigenvalue weighted by Gasteiger charge is 2.41. The minimum atomic E-state index is -0.775. The van der Waals surface area contributed by atoms with Crippen molar-refractivity contribution in [2.45, 2.75) is 58.8 Å². The number of unbranched alkanes of at least 4 members (excludes halogenated alkanes) is 2. The van der Waals surface area contributed by atoms with E-state index < -0.39 is 11.4 Å². The van der Waals surface area contributed by atoms with Crippen LogP contribution in [0.3, 0.4) is 0 Å². The fourth-order valence-electron chi connectivity index (χ4n) is 2.86. The number of nitrogens with one attached hydrogen (secondary N) is 1. The summed E-state index contributed by atoms with van der Waals surface area (Å²) in [6, 6.07) is -0.162. The average molecular weight is 298 g/mol. The Morgan fingerprint density at radius 1 is 1.29 bits per heavy atom. The van der Waals surface area contributed by atoms with Gasteiger partial charge in [0.1, 0.15) is 0 Å². The van der Waals surface area contributed by atoms with Crippen molar-refractivity contribution in [3.8, 4) is 0 Å². The number of nitrogens with zero attached hydrogens (tertiary/aromatic N) is 1. The molecule has 21 heavy (non-hydrogen) atoms. The third-order valence-electron chi connectivity index (χ3n) is 4.71. The molecule has 0 aromatic carbocycles. The van der Waals surface area contributed by atoms with Gasteiger partial charge in [-0.15, -0.1) is 0 Å². The molecule has 1 aliphatic rings. The van der Waals surface area contributed by atoms with Crippen LogP contribution in [-0.4, -0.2) is 42.1 Å².